The Bertz CT molecular complexity index is 997. The highest BCUT2D eigenvalue weighted by molar-refractivity contribution is 5.92. The molecule has 2 N–H and O–H groups in total. The molecule has 2 aromatic rings. The van der Waals surface area contributed by atoms with Crippen LogP contribution in [0.5, 0.6) is 0 Å². The maximum atomic E-state index is 12.7. The maximum absolute atomic E-state index is 12.7. The first-order valence-electron chi connectivity index (χ1n) is 10.6. The lowest BCUT2D eigenvalue weighted by molar-refractivity contribution is -0.109. The Morgan fingerprint density at radius 2 is 2.19 bits per heavy atom. The van der Waals surface area contributed by atoms with Crippen molar-refractivity contribution in [1.82, 2.24) is 35.4 Å². The van der Waals surface area contributed by atoms with Gasteiger partial charge in [-0.3, -0.25) is 9.80 Å². The van der Waals surface area contributed by atoms with Crippen LogP contribution < -0.4 is 10.7 Å². The molecule has 0 aliphatic carbocycles. The molecule has 0 saturated carbocycles. The van der Waals surface area contributed by atoms with Crippen LogP contribution in [0.1, 0.15) is 46.5 Å². The van der Waals surface area contributed by atoms with Gasteiger partial charge in [0.15, 0.2) is 0 Å². The lowest BCUT2D eigenvalue weighted by Crippen LogP contribution is -2.42. The summed E-state index contributed by atoms with van der Waals surface area (Å²) in [6, 6.07) is 7.70. The summed E-state index contributed by atoms with van der Waals surface area (Å²) in [5, 5.41) is 9.25. The summed E-state index contributed by atoms with van der Waals surface area (Å²) < 4.78 is 1.86. The van der Waals surface area contributed by atoms with Gasteiger partial charge in [0, 0.05) is 33.6 Å². The molecule has 31 heavy (non-hydrogen) atoms. The zero-order valence-electron chi connectivity index (χ0n) is 18.2. The summed E-state index contributed by atoms with van der Waals surface area (Å²) in [5.74, 6) is 1.56. The van der Waals surface area contributed by atoms with Gasteiger partial charge in [-0.2, -0.15) is 0 Å². The highest BCUT2D eigenvalue weighted by Gasteiger charge is 2.30. The molecule has 0 spiro atoms. The third-order valence-electron chi connectivity index (χ3n) is 5.84. The molecule has 1 amide bonds. The number of nitrogens with one attached hydrogen (secondary N) is 2. The number of amides is 1. The molecule has 0 fully saturated rings. The predicted molar refractivity (Wildman–Crippen MR) is 116 cm³/mol. The van der Waals surface area contributed by atoms with Gasteiger partial charge in [0.05, 0.1) is 12.1 Å². The molecule has 1 unspecified atom stereocenters. The average molecular weight is 424 g/mol. The van der Waals surface area contributed by atoms with Crippen LogP contribution in [0.4, 0.5) is 0 Å². The first-order valence-corrected chi connectivity index (χ1v) is 10.6. The number of hydrogen-bond acceptors (Lipinski definition) is 7. The number of carbonyl (C=O) groups excluding carboxylic acids is 2. The minimum Gasteiger partial charge on any atom is -0.364 e. The maximum Gasteiger partial charge on any atom is 0.291 e. The van der Waals surface area contributed by atoms with Crippen LogP contribution in [0.2, 0.25) is 0 Å². The fourth-order valence-corrected chi connectivity index (χ4v) is 4.24. The molecule has 9 nitrogen and oxygen atoms in total. The zero-order valence-corrected chi connectivity index (χ0v) is 18.2. The molecule has 164 valence electrons. The minimum atomic E-state index is -0.608. The average Bonchev–Trinajstić information content (AvgIpc) is 3.47. The second kappa shape index (κ2) is 8.89. The number of carbonyl (C=O) groups is 2. The number of benzene rings is 1. The number of rotatable bonds is 8. The van der Waals surface area contributed by atoms with Crippen LogP contribution >= 0.6 is 0 Å². The molecule has 3 heterocycles. The van der Waals surface area contributed by atoms with E-state index in [9.17, 15) is 9.59 Å². The number of fused-ring (bicyclic) bond motifs is 1. The van der Waals surface area contributed by atoms with Crippen LogP contribution in [0.15, 0.2) is 36.2 Å². The SMILES string of the molecule is Cc1ccccc1C1CCc2nc(C(=O)N[C@H](C=O)CCN3NCC=C3N(C)C)nn21. The lowest BCUT2D eigenvalue weighted by Gasteiger charge is -2.27. The van der Waals surface area contributed by atoms with Crippen molar-refractivity contribution in [2.45, 2.75) is 38.3 Å². The van der Waals surface area contributed by atoms with Gasteiger partial charge in [0.2, 0.25) is 5.82 Å². The second-order valence-corrected chi connectivity index (χ2v) is 8.18. The van der Waals surface area contributed by atoms with E-state index in [1.807, 2.05) is 40.8 Å². The van der Waals surface area contributed by atoms with Crippen LogP contribution in [-0.2, 0) is 11.2 Å². The summed E-state index contributed by atoms with van der Waals surface area (Å²) in [5.41, 5.74) is 5.65. The minimum absolute atomic E-state index is 0.0876. The van der Waals surface area contributed by atoms with Crippen molar-refractivity contribution >= 4 is 12.2 Å². The van der Waals surface area contributed by atoms with E-state index in [0.29, 0.717) is 13.0 Å². The molecular formula is C22H29N7O2. The van der Waals surface area contributed by atoms with E-state index in [1.165, 1.54) is 11.1 Å². The van der Waals surface area contributed by atoms with E-state index in [-0.39, 0.29) is 11.9 Å². The number of nitrogens with zero attached hydrogens (tertiary/aromatic N) is 5. The highest BCUT2D eigenvalue weighted by atomic mass is 16.2. The van der Waals surface area contributed by atoms with E-state index < -0.39 is 11.9 Å². The summed E-state index contributed by atoms with van der Waals surface area (Å²) in [4.78, 5) is 30.8. The monoisotopic (exact) mass is 423 g/mol. The number of aryl methyl sites for hydroxylation is 2. The molecule has 2 atom stereocenters. The third-order valence-corrected chi connectivity index (χ3v) is 5.84. The molecule has 1 aromatic heterocycles. The number of hydrogen-bond donors (Lipinski definition) is 2. The Morgan fingerprint density at radius 1 is 1.39 bits per heavy atom. The Balaban J connectivity index is 1.40. The van der Waals surface area contributed by atoms with Crippen molar-refractivity contribution in [2.75, 3.05) is 27.2 Å². The molecule has 2 aliphatic heterocycles. The van der Waals surface area contributed by atoms with Crippen molar-refractivity contribution in [3.8, 4) is 0 Å². The lowest BCUT2D eigenvalue weighted by atomic mass is 10.00. The molecule has 4 rings (SSSR count). The first kappa shape index (κ1) is 21.0. The first-order chi connectivity index (χ1) is 15.0. The largest absolute Gasteiger partial charge is 0.364 e. The predicted octanol–water partition coefficient (Wildman–Crippen LogP) is 1.03. The quantitative estimate of drug-likeness (QED) is 0.613. The molecule has 0 bridgehead atoms. The Labute approximate surface area is 182 Å². The molecule has 9 heteroatoms. The fraction of sp³-hybridized carbons (Fsp3) is 0.455. The van der Waals surface area contributed by atoms with Crippen molar-refractivity contribution in [2.24, 2.45) is 0 Å². The summed E-state index contributed by atoms with van der Waals surface area (Å²) in [6.07, 6.45) is 5.02. The Morgan fingerprint density at radius 3 is 2.94 bits per heavy atom. The fourth-order valence-electron chi connectivity index (χ4n) is 4.24. The van der Waals surface area contributed by atoms with Crippen LogP contribution in [0, 0.1) is 6.92 Å². The standard InChI is InChI=1S/C22H29N7O2/c1-15-6-4-5-7-17(15)18-8-9-19-25-21(26-29(18)19)22(31)24-16(14-30)11-13-28-20(27(2)3)10-12-23-28/h4-7,10,14,16,18,23H,8-9,11-13H2,1-3H3,(H,24,31)/t16-,18?/m0/s1. The van der Waals surface area contributed by atoms with E-state index in [2.05, 4.69) is 46.0 Å². The van der Waals surface area contributed by atoms with Gasteiger partial charge in [-0.15, -0.1) is 5.10 Å². The van der Waals surface area contributed by atoms with Gasteiger partial charge in [-0.05, 0) is 37.0 Å². The molecular weight excluding hydrogens is 394 g/mol. The Hall–Kier alpha value is -3.20. The molecule has 2 aliphatic rings. The van der Waals surface area contributed by atoms with Gasteiger partial charge in [0.25, 0.3) is 5.91 Å². The van der Waals surface area contributed by atoms with Gasteiger partial charge >= 0.3 is 0 Å². The van der Waals surface area contributed by atoms with Crippen molar-refractivity contribution < 1.29 is 9.59 Å². The molecule has 0 radical (unpaired) electrons. The second-order valence-electron chi connectivity index (χ2n) is 8.18. The smallest absolute Gasteiger partial charge is 0.291 e. The number of aldehydes is 1. The summed E-state index contributed by atoms with van der Waals surface area (Å²) in [6.45, 7) is 3.42. The van der Waals surface area contributed by atoms with Gasteiger partial charge in [0.1, 0.15) is 17.9 Å². The van der Waals surface area contributed by atoms with E-state index >= 15 is 0 Å². The van der Waals surface area contributed by atoms with Gasteiger partial charge < -0.3 is 15.0 Å². The van der Waals surface area contributed by atoms with E-state index in [0.717, 1.165) is 37.3 Å². The van der Waals surface area contributed by atoms with Crippen LogP contribution in [0.3, 0.4) is 0 Å². The number of aromatic nitrogens is 3. The van der Waals surface area contributed by atoms with Gasteiger partial charge in [-0.25, -0.2) is 15.1 Å². The van der Waals surface area contributed by atoms with Crippen molar-refractivity contribution in [3.63, 3.8) is 0 Å². The topological polar surface area (TPSA) is 95.4 Å². The number of hydrazine groups is 1. The van der Waals surface area contributed by atoms with Crippen molar-refractivity contribution in [1.29, 1.82) is 0 Å². The van der Waals surface area contributed by atoms with E-state index in [1.54, 1.807) is 0 Å². The van der Waals surface area contributed by atoms with Crippen LogP contribution in [0.25, 0.3) is 0 Å². The molecule has 1 aromatic carbocycles. The zero-order chi connectivity index (χ0) is 22.0. The summed E-state index contributed by atoms with van der Waals surface area (Å²) in [7, 11) is 3.94. The van der Waals surface area contributed by atoms with E-state index in [4.69, 9.17) is 0 Å². The van der Waals surface area contributed by atoms with Gasteiger partial charge in [-0.1, -0.05) is 24.3 Å². The summed E-state index contributed by atoms with van der Waals surface area (Å²) >= 11 is 0. The normalized spacial score (nSPS) is 18.5. The van der Waals surface area contributed by atoms with Crippen molar-refractivity contribution in [3.05, 3.63) is 58.9 Å². The highest BCUT2D eigenvalue weighted by Crippen LogP contribution is 2.32. The Kier molecular flexibility index (Phi) is 6.03. The van der Waals surface area contributed by atoms with Crippen LogP contribution in [-0.4, -0.2) is 70.1 Å². The third kappa shape index (κ3) is 4.32. The molecule has 0 saturated heterocycles.